The van der Waals surface area contributed by atoms with Gasteiger partial charge < -0.3 is 5.32 Å². The van der Waals surface area contributed by atoms with E-state index >= 15 is 0 Å². The molecule has 0 radical (unpaired) electrons. The van der Waals surface area contributed by atoms with Crippen LogP contribution >= 0.6 is 39.1 Å². The van der Waals surface area contributed by atoms with E-state index < -0.39 is 0 Å². The van der Waals surface area contributed by atoms with Gasteiger partial charge in [-0.3, -0.25) is 0 Å². The quantitative estimate of drug-likeness (QED) is 0.725. The molecule has 0 aliphatic heterocycles. The zero-order valence-corrected chi connectivity index (χ0v) is 13.8. The molecule has 1 heterocycles. The molecule has 1 aromatic carbocycles. The lowest BCUT2D eigenvalue weighted by Gasteiger charge is -2.12. The Kier molecular flexibility index (Phi) is 3.89. The number of halogens is 3. The first kappa shape index (κ1) is 14.1. The van der Waals surface area contributed by atoms with Gasteiger partial charge in [0.1, 0.15) is 16.8 Å². The Labute approximate surface area is 135 Å². The van der Waals surface area contributed by atoms with Gasteiger partial charge in [-0.05, 0) is 38.0 Å². The molecule has 0 spiro atoms. The molecule has 1 saturated carbocycles. The summed E-state index contributed by atoms with van der Waals surface area (Å²) in [7, 11) is 0. The number of hydrogen-bond donors (Lipinski definition) is 1. The van der Waals surface area contributed by atoms with Gasteiger partial charge in [0.15, 0.2) is 0 Å². The first-order valence-corrected chi connectivity index (χ1v) is 7.85. The minimum Gasteiger partial charge on any atom is -0.339 e. The Morgan fingerprint density at radius 2 is 2.00 bits per heavy atom. The Hall–Kier alpha value is -0.840. The van der Waals surface area contributed by atoms with Crippen LogP contribution in [0.5, 0.6) is 0 Å². The Balaban J connectivity index is 1.99. The highest BCUT2D eigenvalue weighted by Gasteiger charge is 2.28. The van der Waals surface area contributed by atoms with E-state index in [-0.39, 0.29) is 0 Å². The topological polar surface area (TPSA) is 37.8 Å². The molecule has 3 rings (SSSR count). The fraction of sp³-hybridized carbons (Fsp3) is 0.286. The Morgan fingerprint density at radius 3 is 2.70 bits per heavy atom. The summed E-state index contributed by atoms with van der Waals surface area (Å²) in [5.74, 6) is 1.98. The van der Waals surface area contributed by atoms with Crippen molar-refractivity contribution in [1.29, 1.82) is 0 Å². The molecule has 20 heavy (non-hydrogen) atoms. The van der Waals surface area contributed by atoms with Gasteiger partial charge >= 0.3 is 0 Å². The second-order valence-electron chi connectivity index (χ2n) is 4.87. The fourth-order valence-corrected chi connectivity index (χ4v) is 2.57. The standard InChI is InChI=1S/C14H12BrCl2N3/c1-7-12(17)19-14(8-2-3-8)20-13(7)18-11-6-9(15)4-5-10(11)16/h4-6,8H,2-3H2,1H3,(H,18,19,20). The van der Waals surface area contributed by atoms with Crippen LogP contribution in [-0.4, -0.2) is 9.97 Å². The molecule has 104 valence electrons. The SMILES string of the molecule is Cc1c(Cl)nc(C2CC2)nc1Nc1cc(Br)ccc1Cl. The third-order valence-corrected chi connectivity index (χ3v) is 4.42. The lowest BCUT2D eigenvalue weighted by atomic mass is 10.2. The van der Waals surface area contributed by atoms with E-state index in [9.17, 15) is 0 Å². The summed E-state index contributed by atoms with van der Waals surface area (Å²) in [6.45, 7) is 1.90. The van der Waals surface area contributed by atoms with Crippen molar-refractivity contribution in [2.45, 2.75) is 25.7 Å². The van der Waals surface area contributed by atoms with Gasteiger partial charge in [-0.15, -0.1) is 0 Å². The zero-order chi connectivity index (χ0) is 14.3. The molecule has 1 aliphatic carbocycles. The van der Waals surface area contributed by atoms with E-state index in [1.54, 1.807) is 0 Å². The lowest BCUT2D eigenvalue weighted by Crippen LogP contribution is -2.03. The maximum absolute atomic E-state index is 6.19. The average molecular weight is 373 g/mol. The summed E-state index contributed by atoms with van der Waals surface area (Å²) >= 11 is 15.8. The average Bonchev–Trinajstić information content (AvgIpc) is 3.23. The van der Waals surface area contributed by atoms with E-state index in [2.05, 4.69) is 31.2 Å². The van der Waals surface area contributed by atoms with Crippen molar-refractivity contribution < 1.29 is 0 Å². The van der Waals surface area contributed by atoms with Crippen LogP contribution in [0.15, 0.2) is 22.7 Å². The van der Waals surface area contributed by atoms with Crippen molar-refractivity contribution in [2.75, 3.05) is 5.32 Å². The summed E-state index contributed by atoms with van der Waals surface area (Å²) in [4.78, 5) is 8.93. The highest BCUT2D eigenvalue weighted by Crippen LogP contribution is 2.40. The minimum atomic E-state index is 0.451. The second-order valence-corrected chi connectivity index (χ2v) is 6.55. The fourth-order valence-electron chi connectivity index (χ4n) is 1.87. The van der Waals surface area contributed by atoms with Gasteiger partial charge in [0.05, 0.1) is 10.7 Å². The molecule has 1 aliphatic rings. The number of anilines is 2. The van der Waals surface area contributed by atoms with Crippen molar-refractivity contribution in [3.63, 3.8) is 0 Å². The highest BCUT2D eigenvalue weighted by molar-refractivity contribution is 9.10. The van der Waals surface area contributed by atoms with Crippen LogP contribution in [0.4, 0.5) is 11.5 Å². The van der Waals surface area contributed by atoms with Crippen LogP contribution < -0.4 is 5.32 Å². The third-order valence-electron chi connectivity index (χ3n) is 3.23. The van der Waals surface area contributed by atoms with Crippen LogP contribution in [0.3, 0.4) is 0 Å². The minimum absolute atomic E-state index is 0.451. The monoisotopic (exact) mass is 371 g/mol. The number of aromatic nitrogens is 2. The van der Waals surface area contributed by atoms with Crippen molar-refractivity contribution in [2.24, 2.45) is 0 Å². The number of benzene rings is 1. The maximum atomic E-state index is 6.19. The van der Waals surface area contributed by atoms with Crippen LogP contribution in [0.2, 0.25) is 10.2 Å². The largest absolute Gasteiger partial charge is 0.339 e. The van der Waals surface area contributed by atoms with Gasteiger partial charge in [0.25, 0.3) is 0 Å². The van der Waals surface area contributed by atoms with E-state index in [0.717, 1.165) is 34.4 Å². The molecular weight excluding hydrogens is 361 g/mol. The smallest absolute Gasteiger partial charge is 0.138 e. The molecule has 0 saturated heterocycles. The summed E-state index contributed by atoms with van der Waals surface area (Å²) in [6, 6.07) is 5.63. The Bertz CT molecular complexity index is 672. The van der Waals surface area contributed by atoms with Crippen LogP contribution in [-0.2, 0) is 0 Å². The van der Waals surface area contributed by atoms with Crippen LogP contribution in [0.25, 0.3) is 0 Å². The molecule has 0 atom stereocenters. The number of nitrogens with one attached hydrogen (secondary N) is 1. The molecule has 1 aromatic heterocycles. The van der Waals surface area contributed by atoms with Crippen molar-refractivity contribution in [3.05, 3.63) is 44.2 Å². The lowest BCUT2D eigenvalue weighted by molar-refractivity contribution is 0.922. The summed E-state index contributed by atoms with van der Waals surface area (Å²) in [5, 5.41) is 4.38. The van der Waals surface area contributed by atoms with Gasteiger partial charge in [-0.1, -0.05) is 39.1 Å². The first-order valence-electron chi connectivity index (χ1n) is 6.30. The highest BCUT2D eigenvalue weighted by atomic mass is 79.9. The summed E-state index contributed by atoms with van der Waals surface area (Å²) in [6.07, 6.45) is 2.27. The van der Waals surface area contributed by atoms with Crippen molar-refractivity contribution in [3.8, 4) is 0 Å². The van der Waals surface area contributed by atoms with Gasteiger partial charge in [-0.2, -0.15) is 0 Å². The number of nitrogens with zero attached hydrogens (tertiary/aromatic N) is 2. The van der Waals surface area contributed by atoms with Crippen molar-refractivity contribution in [1.82, 2.24) is 9.97 Å². The predicted molar refractivity (Wildman–Crippen MR) is 86.2 cm³/mol. The normalized spacial score (nSPS) is 14.4. The van der Waals surface area contributed by atoms with Gasteiger partial charge in [0, 0.05) is 16.0 Å². The molecule has 0 amide bonds. The number of hydrogen-bond acceptors (Lipinski definition) is 3. The molecule has 0 bridgehead atoms. The molecule has 1 fully saturated rings. The van der Waals surface area contributed by atoms with E-state index in [4.69, 9.17) is 23.2 Å². The van der Waals surface area contributed by atoms with E-state index in [1.807, 2.05) is 25.1 Å². The van der Waals surface area contributed by atoms with Gasteiger partial charge in [0.2, 0.25) is 0 Å². The maximum Gasteiger partial charge on any atom is 0.138 e. The van der Waals surface area contributed by atoms with Crippen LogP contribution in [0, 0.1) is 6.92 Å². The summed E-state index contributed by atoms with van der Waals surface area (Å²) in [5.41, 5.74) is 1.62. The van der Waals surface area contributed by atoms with Crippen LogP contribution in [0.1, 0.15) is 30.1 Å². The number of rotatable bonds is 3. The second kappa shape index (κ2) is 5.51. The molecule has 2 aromatic rings. The van der Waals surface area contributed by atoms with E-state index in [0.29, 0.717) is 21.9 Å². The van der Waals surface area contributed by atoms with Crippen molar-refractivity contribution >= 4 is 50.6 Å². The predicted octanol–water partition coefficient (Wildman–Crippen LogP) is 5.48. The summed E-state index contributed by atoms with van der Waals surface area (Å²) < 4.78 is 0.949. The van der Waals surface area contributed by atoms with Gasteiger partial charge in [-0.25, -0.2) is 9.97 Å². The zero-order valence-electron chi connectivity index (χ0n) is 10.8. The molecule has 3 nitrogen and oxygen atoms in total. The van der Waals surface area contributed by atoms with E-state index in [1.165, 1.54) is 0 Å². The first-order chi connectivity index (χ1) is 9.54. The third kappa shape index (κ3) is 2.92. The molecule has 0 unspecified atom stereocenters. The molecular formula is C14H12BrCl2N3. The molecule has 1 N–H and O–H groups in total. The molecule has 6 heteroatoms. The Morgan fingerprint density at radius 1 is 1.25 bits per heavy atom.